The van der Waals surface area contributed by atoms with E-state index in [0.717, 1.165) is 0 Å². The molecular weight excluding hydrogens is 162 g/mol. The van der Waals surface area contributed by atoms with Gasteiger partial charge in [0.05, 0.1) is 5.92 Å². The third-order valence-electron chi connectivity index (χ3n) is 2.38. The number of nitrogens with zero attached hydrogens (tertiary/aromatic N) is 1. The fourth-order valence-corrected chi connectivity index (χ4v) is 1.15. The first-order valence-corrected chi connectivity index (χ1v) is 4.81. The molecule has 0 aromatic carbocycles. The van der Waals surface area contributed by atoms with Crippen LogP contribution in [0.15, 0.2) is 12.7 Å². The highest BCUT2D eigenvalue weighted by Gasteiger charge is 2.23. The van der Waals surface area contributed by atoms with E-state index in [9.17, 15) is 4.79 Å². The summed E-state index contributed by atoms with van der Waals surface area (Å²) in [5, 5.41) is 0. The summed E-state index contributed by atoms with van der Waals surface area (Å²) < 4.78 is 0. The van der Waals surface area contributed by atoms with Crippen LogP contribution >= 0.6 is 0 Å². The lowest BCUT2D eigenvalue weighted by atomic mass is 9.94. The topological polar surface area (TPSA) is 20.3 Å². The fraction of sp³-hybridized carbons (Fsp3) is 0.727. The van der Waals surface area contributed by atoms with Crippen molar-refractivity contribution in [3.05, 3.63) is 12.7 Å². The zero-order valence-electron chi connectivity index (χ0n) is 9.37. The molecule has 0 saturated heterocycles. The van der Waals surface area contributed by atoms with E-state index < -0.39 is 0 Å². The molecule has 0 heterocycles. The van der Waals surface area contributed by atoms with E-state index in [2.05, 4.69) is 6.58 Å². The number of hydrogen-bond donors (Lipinski definition) is 0. The highest BCUT2D eigenvalue weighted by Crippen LogP contribution is 2.15. The van der Waals surface area contributed by atoms with Crippen LogP contribution in [0.1, 0.15) is 27.7 Å². The molecule has 0 aromatic rings. The predicted molar refractivity (Wildman–Crippen MR) is 56.4 cm³/mol. The smallest absolute Gasteiger partial charge is 0.229 e. The molecule has 13 heavy (non-hydrogen) atoms. The van der Waals surface area contributed by atoms with Gasteiger partial charge in [-0.05, 0) is 19.8 Å². The molecule has 0 radical (unpaired) electrons. The van der Waals surface area contributed by atoms with E-state index in [-0.39, 0.29) is 17.9 Å². The van der Waals surface area contributed by atoms with E-state index in [1.807, 2.05) is 34.7 Å². The van der Waals surface area contributed by atoms with Gasteiger partial charge in [0.1, 0.15) is 0 Å². The standard InChI is InChI=1S/C11H21NO/c1-7-10(8(2)3)11(13)12(6)9(4)5/h7-10H,1H2,2-6H3. The van der Waals surface area contributed by atoms with Crippen LogP contribution in [0.3, 0.4) is 0 Å². The van der Waals surface area contributed by atoms with Gasteiger partial charge in [0.2, 0.25) is 5.91 Å². The van der Waals surface area contributed by atoms with Gasteiger partial charge in [-0.3, -0.25) is 4.79 Å². The monoisotopic (exact) mass is 183 g/mol. The lowest BCUT2D eigenvalue weighted by Gasteiger charge is -2.27. The minimum Gasteiger partial charge on any atom is -0.343 e. The van der Waals surface area contributed by atoms with E-state index in [0.29, 0.717) is 5.92 Å². The molecule has 0 rings (SSSR count). The van der Waals surface area contributed by atoms with Crippen LogP contribution in [0.5, 0.6) is 0 Å². The van der Waals surface area contributed by atoms with Crippen molar-refractivity contribution >= 4 is 5.91 Å². The summed E-state index contributed by atoms with van der Waals surface area (Å²) in [6.07, 6.45) is 1.74. The Morgan fingerprint density at radius 2 is 1.77 bits per heavy atom. The van der Waals surface area contributed by atoms with Gasteiger partial charge < -0.3 is 4.90 Å². The predicted octanol–water partition coefficient (Wildman–Crippen LogP) is 2.31. The summed E-state index contributed by atoms with van der Waals surface area (Å²) in [6.45, 7) is 11.8. The van der Waals surface area contributed by atoms with Crippen molar-refractivity contribution < 1.29 is 4.79 Å². The molecule has 2 heteroatoms. The van der Waals surface area contributed by atoms with Crippen LogP contribution in [0.25, 0.3) is 0 Å². The molecule has 0 aromatic heterocycles. The largest absolute Gasteiger partial charge is 0.343 e. The minimum atomic E-state index is -0.0487. The maximum Gasteiger partial charge on any atom is 0.229 e. The van der Waals surface area contributed by atoms with Crippen molar-refractivity contribution in [1.29, 1.82) is 0 Å². The molecule has 0 aliphatic heterocycles. The molecule has 0 fully saturated rings. The van der Waals surface area contributed by atoms with Gasteiger partial charge in [0.25, 0.3) is 0 Å². The number of hydrogen-bond acceptors (Lipinski definition) is 1. The van der Waals surface area contributed by atoms with Crippen LogP contribution in [0, 0.1) is 11.8 Å². The normalized spacial score (nSPS) is 13.2. The Kier molecular flexibility index (Phi) is 4.74. The first-order valence-electron chi connectivity index (χ1n) is 4.81. The second kappa shape index (κ2) is 5.05. The van der Waals surface area contributed by atoms with E-state index in [1.54, 1.807) is 11.0 Å². The Hall–Kier alpha value is -0.790. The average Bonchev–Trinajstić information content (AvgIpc) is 2.03. The maximum atomic E-state index is 11.8. The summed E-state index contributed by atoms with van der Waals surface area (Å²) >= 11 is 0. The van der Waals surface area contributed by atoms with Gasteiger partial charge in [-0.2, -0.15) is 0 Å². The molecule has 2 nitrogen and oxygen atoms in total. The number of carbonyl (C=O) groups is 1. The van der Waals surface area contributed by atoms with Crippen molar-refractivity contribution in [1.82, 2.24) is 4.90 Å². The van der Waals surface area contributed by atoms with Crippen LogP contribution < -0.4 is 0 Å². The SMILES string of the molecule is C=CC(C(=O)N(C)C(C)C)C(C)C. The molecule has 1 atom stereocenters. The van der Waals surface area contributed by atoms with Gasteiger partial charge in [-0.15, -0.1) is 6.58 Å². The molecule has 0 aliphatic rings. The summed E-state index contributed by atoms with van der Waals surface area (Å²) in [6, 6.07) is 0.258. The molecular formula is C11H21NO. The Morgan fingerprint density at radius 3 is 2.00 bits per heavy atom. The Bertz CT molecular complexity index is 185. The number of carbonyl (C=O) groups excluding carboxylic acids is 1. The quantitative estimate of drug-likeness (QED) is 0.612. The second-order valence-corrected chi connectivity index (χ2v) is 4.05. The van der Waals surface area contributed by atoms with Crippen molar-refractivity contribution in [2.75, 3.05) is 7.05 Å². The summed E-state index contributed by atoms with van der Waals surface area (Å²) in [7, 11) is 1.84. The first kappa shape index (κ1) is 12.2. The van der Waals surface area contributed by atoms with E-state index in [4.69, 9.17) is 0 Å². The zero-order valence-corrected chi connectivity index (χ0v) is 9.37. The summed E-state index contributed by atoms with van der Waals surface area (Å²) in [5.74, 6) is 0.443. The van der Waals surface area contributed by atoms with Crippen LogP contribution in [-0.4, -0.2) is 23.9 Å². The molecule has 0 spiro atoms. The lowest BCUT2D eigenvalue weighted by Crippen LogP contribution is -2.38. The Balaban J connectivity index is 4.46. The van der Waals surface area contributed by atoms with Gasteiger partial charge >= 0.3 is 0 Å². The third kappa shape index (κ3) is 3.21. The maximum absolute atomic E-state index is 11.8. The lowest BCUT2D eigenvalue weighted by molar-refractivity contribution is -0.135. The van der Waals surface area contributed by atoms with E-state index >= 15 is 0 Å². The number of amides is 1. The number of rotatable bonds is 4. The van der Waals surface area contributed by atoms with Crippen LogP contribution in [0.4, 0.5) is 0 Å². The summed E-state index contributed by atoms with van der Waals surface area (Å²) in [4.78, 5) is 13.6. The summed E-state index contributed by atoms with van der Waals surface area (Å²) in [5.41, 5.74) is 0. The Morgan fingerprint density at radius 1 is 1.31 bits per heavy atom. The van der Waals surface area contributed by atoms with Crippen LogP contribution in [-0.2, 0) is 4.79 Å². The minimum absolute atomic E-state index is 0.0487. The molecule has 1 unspecified atom stereocenters. The first-order chi connectivity index (χ1) is 5.91. The molecule has 76 valence electrons. The van der Waals surface area contributed by atoms with Crippen LogP contribution in [0.2, 0.25) is 0 Å². The fourth-order valence-electron chi connectivity index (χ4n) is 1.15. The van der Waals surface area contributed by atoms with Crippen molar-refractivity contribution in [3.8, 4) is 0 Å². The van der Waals surface area contributed by atoms with Gasteiger partial charge in [-0.25, -0.2) is 0 Å². The third-order valence-corrected chi connectivity index (χ3v) is 2.38. The highest BCUT2D eigenvalue weighted by atomic mass is 16.2. The van der Waals surface area contributed by atoms with Gasteiger partial charge in [0.15, 0.2) is 0 Å². The second-order valence-electron chi connectivity index (χ2n) is 4.05. The molecule has 0 saturated carbocycles. The van der Waals surface area contributed by atoms with E-state index in [1.165, 1.54) is 0 Å². The Labute approximate surface area is 81.6 Å². The molecule has 0 N–H and O–H groups in total. The van der Waals surface area contributed by atoms with Gasteiger partial charge in [0, 0.05) is 13.1 Å². The van der Waals surface area contributed by atoms with Crippen molar-refractivity contribution in [3.63, 3.8) is 0 Å². The highest BCUT2D eigenvalue weighted by molar-refractivity contribution is 5.80. The van der Waals surface area contributed by atoms with Crippen molar-refractivity contribution in [2.45, 2.75) is 33.7 Å². The van der Waals surface area contributed by atoms with Crippen molar-refractivity contribution in [2.24, 2.45) is 11.8 Å². The average molecular weight is 183 g/mol. The molecule has 0 bridgehead atoms. The molecule has 1 amide bonds. The van der Waals surface area contributed by atoms with Gasteiger partial charge in [-0.1, -0.05) is 19.9 Å². The zero-order chi connectivity index (χ0) is 10.6. The molecule has 0 aliphatic carbocycles.